The van der Waals surface area contributed by atoms with Crippen LogP contribution in [-0.4, -0.2) is 33.7 Å². The zero-order valence-electron chi connectivity index (χ0n) is 15.1. The van der Waals surface area contributed by atoms with E-state index in [1.165, 1.54) is 4.68 Å². The number of rotatable bonds is 4. The first-order valence-corrected chi connectivity index (χ1v) is 9.37. The topological polar surface area (TPSA) is 98.1 Å². The molecule has 2 N–H and O–H groups in total. The summed E-state index contributed by atoms with van der Waals surface area (Å²) in [6.07, 6.45) is -0.0809. The van der Waals surface area contributed by atoms with Crippen molar-refractivity contribution >= 4 is 46.7 Å². The van der Waals surface area contributed by atoms with Gasteiger partial charge in [0.1, 0.15) is 11.8 Å². The Morgan fingerprint density at radius 1 is 1.24 bits per heavy atom. The summed E-state index contributed by atoms with van der Waals surface area (Å²) >= 11 is 12.1. The van der Waals surface area contributed by atoms with Gasteiger partial charge in [-0.05, 0) is 36.4 Å². The van der Waals surface area contributed by atoms with E-state index in [0.717, 1.165) is 5.56 Å². The molecule has 1 aliphatic heterocycles. The number of ether oxygens (including phenoxy) is 1. The van der Waals surface area contributed by atoms with Gasteiger partial charge in [0.05, 0.1) is 29.3 Å². The second-order valence-electron chi connectivity index (χ2n) is 6.29. The Morgan fingerprint density at radius 2 is 2.00 bits per heavy atom. The number of hydrogen-bond donors (Lipinski definition) is 2. The fourth-order valence-corrected chi connectivity index (χ4v) is 3.29. The first-order valence-electron chi connectivity index (χ1n) is 8.62. The molecular formula is C19H15Cl2N5O3. The molecule has 1 aromatic heterocycles. The van der Waals surface area contributed by atoms with Crippen LogP contribution in [0.1, 0.15) is 12.5 Å². The van der Waals surface area contributed by atoms with Gasteiger partial charge in [0.2, 0.25) is 17.8 Å². The van der Waals surface area contributed by atoms with Crippen molar-refractivity contribution < 1.29 is 14.3 Å². The van der Waals surface area contributed by atoms with E-state index < -0.39 is 11.9 Å². The van der Waals surface area contributed by atoms with Gasteiger partial charge < -0.3 is 10.1 Å². The van der Waals surface area contributed by atoms with Crippen molar-refractivity contribution in [2.75, 3.05) is 17.7 Å². The van der Waals surface area contributed by atoms with E-state index in [1.54, 1.807) is 49.6 Å². The van der Waals surface area contributed by atoms with Crippen LogP contribution in [0.3, 0.4) is 0 Å². The molecule has 2 heterocycles. The Kier molecular flexibility index (Phi) is 5.12. The molecule has 8 nitrogen and oxygen atoms in total. The van der Waals surface area contributed by atoms with E-state index in [0.29, 0.717) is 22.3 Å². The number of carbonyl (C=O) groups excluding carboxylic acids is 2. The summed E-state index contributed by atoms with van der Waals surface area (Å²) in [5, 5.41) is 10.3. The summed E-state index contributed by atoms with van der Waals surface area (Å²) in [5.74, 6) is 0.495. The molecule has 1 unspecified atom stereocenters. The molecule has 2 aromatic carbocycles. The number of aromatic nitrogens is 3. The lowest BCUT2D eigenvalue weighted by atomic mass is 10.1. The van der Waals surface area contributed by atoms with Gasteiger partial charge in [0.25, 0.3) is 0 Å². The van der Waals surface area contributed by atoms with E-state index >= 15 is 0 Å². The second kappa shape index (κ2) is 7.73. The van der Waals surface area contributed by atoms with Crippen molar-refractivity contribution in [3.05, 3.63) is 52.5 Å². The quantitative estimate of drug-likeness (QED) is 0.654. The molecule has 148 valence electrons. The first kappa shape index (κ1) is 19.2. The smallest absolute Gasteiger partial charge is 0.249 e. The molecule has 2 amide bonds. The fourth-order valence-electron chi connectivity index (χ4n) is 2.95. The number of nitrogens with one attached hydrogen (secondary N) is 2. The van der Waals surface area contributed by atoms with E-state index in [1.807, 2.05) is 0 Å². The van der Waals surface area contributed by atoms with Crippen molar-refractivity contribution in [3.8, 4) is 17.1 Å². The van der Waals surface area contributed by atoms with Crippen LogP contribution in [0.15, 0.2) is 42.5 Å². The molecule has 0 radical (unpaired) electrons. The lowest BCUT2D eigenvalue weighted by molar-refractivity contribution is -0.125. The normalized spacial score (nSPS) is 15.4. The van der Waals surface area contributed by atoms with Crippen molar-refractivity contribution in [3.63, 3.8) is 0 Å². The average molecular weight is 432 g/mol. The van der Waals surface area contributed by atoms with E-state index in [9.17, 15) is 9.59 Å². The van der Waals surface area contributed by atoms with Crippen molar-refractivity contribution in [2.24, 2.45) is 0 Å². The number of nitrogens with zero attached hydrogens (tertiary/aromatic N) is 3. The minimum Gasteiger partial charge on any atom is -0.497 e. The monoisotopic (exact) mass is 431 g/mol. The average Bonchev–Trinajstić information content (AvgIpc) is 3.14. The third-order valence-corrected chi connectivity index (χ3v) is 5.24. The van der Waals surface area contributed by atoms with Crippen molar-refractivity contribution in [1.29, 1.82) is 0 Å². The number of methoxy groups -OCH3 is 1. The summed E-state index contributed by atoms with van der Waals surface area (Å²) in [6.45, 7) is 0. The summed E-state index contributed by atoms with van der Waals surface area (Å²) in [6, 6.07) is 11.2. The standard InChI is InChI=1S/C19H15Cl2N5O3/c1-29-11-7-5-10(6-8-11)17-24-19-23-15(27)9-14(26(19)25-17)18(28)22-13-4-2-3-12(20)16(13)21/h2-8,14H,9H2,1H3,(H,22,28)(H,23,24,25,27). The zero-order valence-corrected chi connectivity index (χ0v) is 16.7. The molecule has 0 saturated carbocycles. The van der Waals surface area contributed by atoms with Crippen LogP contribution in [-0.2, 0) is 9.59 Å². The molecule has 3 aromatic rings. The van der Waals surface area contributed by atoms with Crippen LogP contribution in [0.5, 0.6) is 5.75 Å². The molecule has 29 heavy (non-hydrogen) atoms. The summed E-state index contributed by atoms with van der Waals surface area (Å²) in [4.78, 5) is 29.3. The molecular weight excluding hydrogens is 417 g/mol. The molecule has 0 fully saturated rings. The summed E-state index contributed by atoms with van der Waals surface area (Å²) in [7, 11) is 1.58. The second-order valence-corrected chi connectivity index (χ2v) is 7.08. The summed E-state index contributed by atoms with van der Waals surface area (Å²) in [5.41, 5.74) is 1.08. The summed E-state index contributed by atoms with van der Waals surface area (Å²) < 4.78 is 6.54. The van der Waals surface area contributed by atoms with Crippen LogP contribution in [0.2, 0.25) is 10.0 Å². The Morgan fingerprint density at radius 3 is 2.72 bits per heavy atom. The van der Waals surface area contributed by atoms with Gasteiger partial charge >= 0.3 is 0 Å². The van der Waals surface area contributed by atoms with Crippen LogP contribution in [0.4, 0.5) is 11.6 Å². The predicted molar refractivity (Wildman–Crippen MR) is 109 cm³/mol. The van der Waals surface area contributed by atoms with Crippen LogP contribution in [0, 0.1) is 0 Å². The third kappa shape index (κ3) is 3.76. The maximum Gasteiger partial charge on any atom is 0.249 e. The molecule has 0 bridgehead atoms. The number of benzene rings is 2. The van der Waals surface area contributed by atoms with Crippen LogP contribution < -0.4 is 15.4 Å². The van der Waals surface area contributed by atoms with Gasteiger partial charge in [-0.2, -0.15) is 4.98 Å². The minimum atomic E-state index is -0.881. The molecule has 1 aliphatic rings. The molecule has 0 spiro atoms. The van der Waals surface area contributed by atoms with Crippen molar-refractivity contribution in [2.45, 2.75) is 12.5 Å². The highest BCUT2D eigenvalue weighted by atomic mass is 35.5. The molecule has 10 heteroatoms. The largest absolute Gasteiger partial charge is 0.497 e. The number of amides is 2. The Balaban J connectivity index is 1.64. The van der Waals surface area contributed by atoms with E-state index in [-0.39, 0.29) is 23.3 Å². The van der Waals surface area contributed by atoms with Crippen molar-refractivity contribution in [1.82, 2.24) is 14.8 Å². The lowest BCUT2D eigenvalue weighted by Gasteiger charge is -2.22. The van der Waals surface area contributed by atoms with E-state index in [2.05, 4.69) is 20.7 Å². The first-order chi connectivity index (χ1) is 14.0. The fraction of sp³-hybridized carbons (Fsp3) is 0.158. The SMILES string of the molecule is COc1ccc(-c2nc3n(n2)C(C(=O)Nc2cccc(Cl)c2Cl)CC(=O)N3)cc1. The molecule has 0 saturated heterocycles. The van der Waals surface area contributed by atoms with Crippen LogP contribution in [0.25, 0.3) is 11.4 Å². The Hall–Kier alpha value is -3.10. The predicted octanol–water partition coefficient (Wildman–Crippen LogP) is 3.78. The lowest BCUT2D eigenvalue weighted by Crippen LogP contribution is -2.36. The maximum absolute atomic E-state index is 12.9. The highest BCUT2D eigenvalue weighted by molar-refractivity contribution is 6.44. The highest BCUT2D eigenvalue weighted by Gasteiger charge is 2.33. The van der Waals surface area contributed by atoms with Gasteiger partial charge in [0.15, 0.2) is 5.82 Å². The zero-order chi connectivity index (χ0) is 20.5. The van der Waals surface area contributed by atoms with Crippen LogP contribution >= 0.6 is 23.2 Å². The number of hydrogen-bond acceptors (Lipinski definition) is 5. The Labute approximate surface area is 175 Å². The maximum atomic E-state index is 12.9. The number of carbonyl (C=O) groups is 2. The minimum absolute atomic E-state index is 0.0809. The van der Waals surface area contributed by atoms with Gasteiger partial charge in [-0.25, -0.2) is 4.68 Å². The number of anilines is 2. The Bertz CT molecular complexity index is 1100. The van der Waals surface area contributed by atoms with E-state index in [4.69, 9.17) is 27.9 Å². The molecule has 1 atom stereocenters. The van der Waals surface area contributed by atoms with Gasteiger partial charge in [-0.15, -0.1) is 5.10 Å². The highest BCUT2D eigenvalue weighted by Crippen LogP contribution is 2.32. The molecule has 0 aliphatic carbocycles. The third-order valence-electron chi connectivity index (χ3n) is 4.42. The number of halogens is 2. The molecule has 4 rings (SSSR count). The van der Waals surface area contributed by atoms with Gasteiger partial charge in [-0.3, -0.25) is 14.9 Å². The van der Waals surface area contributed by atoms with Gasteiger partial charge in [0, 0.05) is 5.56 Å². The van der Waals surface area contributed by atoms with Gasteiger partial charge in [-0.1, -0.05) is 29.3 Å². The number of fused-ring (bicyclic) bond motifs is 1.